The molecule has 2 aromatic rings. The standard InChI is InChI=1S/2C9H11NO3/c2*10-7(9(12)13)8(11)6-4-2-1-3-5-6/h2*1-5,7-8,11H,10H2,(H,12,13). The summed E-state index contributed by atoms with van der Waals surface area (Å²) in [5, 5.41) is 36.0. The molecule has 0 saturated heterocycles. The summed E-state index contributed by atoms with van der Waals surface area (Å²) in [6.45, 7) is 0. The first-order valence-corrected chi connectivity index (χ1v) is 7.68. The Bertz CT molecular complexity index is 634. The van der Waals surface area contributed by atoms with E-state index in [-0.39, 0.29) is 0 Å². The number of carbonyl (C=O) groups is 2. The summed E-state index contributed by atoms with van der Waals surface area (Å²) < 4.78 is 0. The van der Waals surface area contributed by atoms with Gasteiger partial charge in [-0.25, -0.2) is 0 Å². The third-order valence-corrected chi connectivity index (χ3v) is 3.53. The van der Waals surface area contributed by atoms with Crippen molar-refractivity contribution in [2.75, 3.05) is 0 Å². The van der Waals surface area contributed by atoms with Crippen LogP contribution in [0.15, 0.2) is 60.7 Å². The Morgan fingerprint density at radius 2 is 0.923 bits per heavy atom. The molecule has 2 aromatic carbocycles. The van der Waals surface area contributed by atoms with E-state index in [1.807, 2.05) is 0 Å². The van der Waals surface area contributed by atoms with Crippen LogP contribution in [0.2, 0.25) is 0 Å². The molecule has 0 bridgehead atoms. The highest BCUT2D eigenvalue weighted by Gasteiger charge is 2.23. The van der Waals surface area contributed by atoms with Crippen LogP contribution in [0.5, 0.6) is 0 Å². The van der Waals surface area contributed by atoms with Crippen LogP contribution >= 0.6 is 0 Å². The molecule has 0 amide bonds. The summed E-state index contributed by atoms with van der Waals surface area (Å²) in [4.78, 5) is 20.9. The van der Waals surface area contributed by atoms with E-state index in [0.29, 0.717) is 11.1 Å². The first-order valence-electron chi connectivity index (χ1n) is 7.68. The minimum Gasteiger partial charge on any atom is -0.480 e. The Morgan fingerprint density at radius 3 is 1.15 bits per heavy atom. The third-order valence-electron chi connectivity index (χ3n) is 3.53. The molecular weight excluding hydrogens is 340 g/mol. The molecule has 2 rings (SSSR count). The zero-order valence-corrected chi connectivity index (χ0v) is 13.8. The molecule has 4 unspecified atom stereocenters. The largest absolute Gasteiger partial charge is 0.480 e. The number of aliphatic hydroxyl groups excluding tert-OH is 2. The van der Waals surface area contributed by atoms with Gasteiger partial charge in [0.1, 0.15) is 24.3 Å². The molecule has 0 heterocycles. The third kappa shape index (κ3) is 6.26. The Morgan fingerprint density at radius 1 is 0.654 bits per heavy atom. The fourth-order valence-corrected chi connectivity index (χ4v) is 1.99. The summed E-state index contributed by atoms with van der Waals surface area (Å²) in [6.07, 6.45) is -2.31. The second-order valence-electron chi connectivity index (χ2n) is 5.44. The topological polar surface area (TPSA) is 167 Å². The van der Waals surface area contributed by atoms with E-state index in [1.165, 1.54) is 0 Å². The van der Waals surface area contributed by atoms with E-state index >= 15 is 0 Å². The summed E-state index contributed by atoms with van der Waals surface area (Å²) in [5.41, 5.74) is 11.5. The van der Waals surface area contributed by atoms with Crippen LogP contribution in [-0.2, 0) is 9.59 Å². The van der Waals surface area contributed by atoms with Crippen LogP contribution in [0.3, 0.4) is 0 Å². The predicted molar refractivity (Wildman–Crippen MR) is 94.0 cm³/mol. The SMILES string of the molecule is NC(C(=O)O)C(O)c1ccccc1.NC(C(=O)O)C(O)c1ccccc1. The first-order chi connectivity index (χ1) is 12.3. The number of rotatable bonds is 6. The molecule has 0 radical (unpaired) electrons. The monoisotopic (exact) mass is 362 g/mol. The Labute approximate surface area is 150 Å². The highest BCUT2D eigenvalue weighted by atomic mass is 16.4. The van der Waals surface area contributed by atoms with Crippen molar-refractivity contribution in [2.24, 2.45) is 11.5 Å². The molecule has 8 heteroatoms. The predicted octanol–water partition coefficient (Wildman–Crippen LogP) is 0.264. The second kappa shape index (κ2) is 10.3. The van der Waals surface area contributed by atoms with Crippen LogP contribution in [-0.4, -0.2) is 44.4 Å². The van der Waals surface area contributed by atoms with Crippen molar-refractivity contribution in [3.63, 3.8) is 0 Å². The highest BCUT2D eigenvalue weighted by Crippen LogP contribution is 2.15. The lowest BCUT2D eigenvalue weighted by Crippen LogP contribution is -2.36. The van der Waals surface area contributed by atoms with Gasteiger partial charge in [0.05, 0.1) is 0 Å². The molecule has 0 spiro atoms. The summed E-state index contributed by atoms with van der Waals surface area (Å²) >= 11 is 0. The molecule has 0 fully saturated rings. The minimum atomic E-state index is -1.28. The lowest BCUT2D eigenvalue weighted by atomic mass is 10.0. The van der Waals surface area contributed by atoms with Crippen LogP contribution in [0.1, 0.15) is 23.3 Å². The van der Waals surface area contributed by atoms with Gasteiger partial charge in [0.25, 0.3) is 0 Å². The fraction of sp³-hybridized carbons (Fsp3) is 0.222. The second-order valence-corrected chi connectivity index (χ2v) is 5.44. The van der Waals surface area contributed by atoms with Crippen molar-refractivity contribution in [3.8, 4) is 0 Å². The van der Waals surface area contributed by atoms with Gasteiger partial charge in [-0.05, 0) is 11.1 Å². The van der Waals surface area contributed by atoms with Gasteiger partial charge in [-0.15, -0.1) is 0 Å². The van der Waals surface area contributed by atoms with Crippen molar-refractivity contribution >= 4 is 11.9 Å². The lowest BCUT2D eigenvalue weighted by molar-refractivity contribution is -0.142. The molecule has 0 aliphatic carbocycles. The Balaban J connectivity index is 0.000000260. The fourth-order valence-electron chi connectivity index (χ4n) is 1.99. The lowest BCUT2D eigenvalue weighted by Gasteiger charge is -2.14. The summed E-state index contributed by atoms with van der Waals surface area (Å²) in [5.74, 6) is -2.42. The molecule has 8 nitrogen and oxygen atoms in total. The molecule has 0 aliphatic rings. The highest BCUT2D eigenvalue weighted by molar-refractivity contribution is 5.74. The number of carboxylic acids is 2. The van der Waals surface area contributed by atoms with Crippen molar-refractivity contribution in [1.82, 2.24) is 0 Å². The van der Waals surface area contributed by atoms with Gasteiger partial charge in [0, 0.05) is 0 Å². The van der Waals surface area contributed by atoms with Crippen molar-refractivity contribution in [1.29, 1.82) is 0 Å². The number of aliphatic carboxylic acids is 2. The molecule has 0 aromatic heterocycles. The number of hydrogen-bond donors (Lipinski definition) is 6. The van der Waals surface area contributed by atoms with Crippen molar-refractivity contribution in [3.05, 3.63) is 71.8 Å². The molecule has 4 atom stereocenters. The van der Waals surface area contributed by atoms with E-state index in [2.05, 4.69) is 0 Å². The quantitative estimate of drug-likeness (QED) is 0.425. The molecule has 26 heavy (non-hydrogen) atoms. The van der Waals surface area contributed by atoms with E-state index in [0.717, 1.165) is 0 Å². The van der Waals surface area contributed by atoms with Crippen LogP contribution in [0, 0.1) is 0 Å². The van der Waals surface area contributed by atoms with E-state index < -0.39 is 36.2 Å². The van der Waals surface area contributed by atoms with Gasteiger partial charge in [-0.2, -0.15) is 0 Å². The smallest absolute Gasteiger partial charge is 0.323 e. The number of aliphatic hydroxyl groups is 2. The number of nitrogens with two attached hydrogens (primary N) is 2. The molecule has 0 aliphatic heterocycles. The maximum atomic E-state index is 10.4. The first kappa shape index (κ1) is 21.3. The number of benzene rings is 2. The normalized spacial score (nSPS) is 14.9. The molecular formula is C18H22N2O6. The maximum Gasteiger partial charge on any atom is 0.323 e. The zero-order chi connectivity index (χ0) is 19.7. The summed E-state index contributed by atoms with van der Waals surface area (Å²) in [7, 11) is 0. The summed E-state index contributed by atoms with van der Waals surface area (Å²) in [6, 6.07) is 14.4. The van der Waals surface area contributed by atoms with Gasteiger partial charge < -0.3 is 31.9 Å². The zero-order valence-electron chi connectivity index (χ0n) is 13.8. The van der Waals surface area contributed by atoms with Gasteiger partial charge in [-0.3, -0.25) is 9.59 Å². The Kier molecular flexibility index (Phi) is 8.40. The Hall–Kier alpha value is -2.78. The number of hydrogen-bond acceptors (Lipinski definition) is 6. The van der Waals surface area contributed by atoms with Crippen LogP contribution < -0.4 is 11.5 Å². The maximum absolute atomic E-state index is 10.4. The average Bonchev–Trinajstić information content (AvgIpc) is 2.67. The van der Waals surface area contributed by atoms with Gasteiger partial charge in [-0.1, -0.05) is 60.7 Å². The van der Waals surface area contributed by atoms with Gasteiger partial charge >= 0.3 is 11.9 Å². The van der Waals surface area contributed by atoms with Gasteiger partial charge in [0.2, 0.25) is 0 Å². The number of carboxylic acid groups (broad SMARTS) is 2. The van der Waals surface area contributed by atoms with Crippen molar-refractivity contribution < 1.29 is 30.0 Å². The van der Waals surface area contributed by atoms with E-state index in [4.69, 9.17) is 21.7 Å². The van der Waals surface area contributed by atoms with Crippen LogP contribution in [0.4, 0.5) is 0 Å². The minimum absolute atomic E-state index is 0.511. The molecule has 0 saturated carbocycles. The van der Waals surface area contributed by atoms with Gasteiger partial charge in [0.15, 0.2) is 0 Å². The molecule has 140 valence electrons. The van der Waals surface area contributed by atoms with Crippen molar-refractivity contribution in [2.45, 2.75) is 24.3 Å². The van der Waals surface area contributed by atoms with E-state index in [1.54, 1.807) is 60.7 Å². The van der Waals surface area contributed by atoms with Crippen LogP contribution in [0.25, 0.3) is 0 Å². The average molecular weight is 362 g/mol. The molecule has 8 N–H and O–H groups in total. The van der Waals surface area contributed by atoms with E-state index in [9.17, 15) is 19.8 Å².